The van der Waals surface area contributed by atoms with Gasteiger partial charge in [-0.15, -0.1) is 0 Å². The van der Waals surface area contributed by atoms with Gasteiger partial charge in [0.2, 0.25) is 0 Å². The fourth-order valence-corrected chi connectivity index (χ4v) is 5.19. The second kappa shape index (κ2) is 6.68. The minimum Gasteiger partial charge on any atom is -0.504 e. The number of rotatable bonds is 3. The van der Waals surface area contributed by atoms with Crippen LogP contribution in [0.25, 0.3) is 21.5 Å². The molecule has 29 heavy (non-hydrogen) atoms. The Labute approximate surface area is 169 Å². The monoisotopic (exact) mass is 395 g/mol. The van der Waals surface area contributed by atoms with Gasteiger partial charge in [0.05, 0.1) is 27.4 Å². The van der Waals surface area contributed by atoms with Crippen molar-refractivity contribution in [3.63, 3.8) is 0 Å². The number of benzene rings is 3. The van der Waals surface area contributed by atoms with Gasteiger partial charge in [-0.25, -0.2) is 0 Å². The summed E-state index contributed by atoms with van der Waals surface area (Å²) >= 11 is 0. The number of methoxy groups -OCH3 is 3. The van der Waals surface area contributed by atoms with Crippen molar-refractivity contribution in [3.8, 4) is 23.0 Å². The highest BCUT2D eigenvalue weighted by Crippen LogP contribution is 2.50. The van der Waals surface area contributed by atoms with Gasteiger partial charge < -0.3 is 24.4 Å². The summed E-state index contributed by atoms with van der Waals surface area (Å²) in [6.45, 7) is 1.76. The molecule has 1 fully saturated rings. The highest BCUT2D eigenvalue weighted by Gasteiger charge is 2.39. The third kappa shape index (κ3) is 2.49. The van der Waals surface area contributed by atoms with Crippen LogP contribution in [0.1, 0.15) is 30.1 Å². The second-order valence-corrected chi connectivity index (χ2v) is 7.81. The van der Waals surface area contributed by atoms with Gasteiger partial charge >= 0.3 is 0 Å². The molecule has 0 amide bonds. The molecule has 3 aromatic carbocycles. The second-order valence-electron chi connectivity index (χ2n) is 7.81. The molecule has 0 unspecified atom stereocenters. The Morgan fingerprint density at radius 1 is 0.931 bits per heavy atom. The van der Waals surface area contributed by atoms with Crippen LogP contribution in [-0.2, 0) is 6.54 Å². The van der Waals surface area contributed by atoms with Gasteiger partial charge in [-0.05, 0) is 64.9 Å². The minimum atomic E-state index is -0.603. The molecule has 0 saturated carbocycles. The number of hydrogen-bond acceptors (Lipinski definition) is 6. The number of aliphatic hydroxyl groups is 1. The van der Waals surface area contributed by atoms with Crippen LogP contribution >= 0.6 is 0 Å². The lowest BCUT2D eigenvalue weighted by Crippen LogP contribution is -2.39. The molecular formula is C23H25NO5. The minimum absolute atomic E-state index is 0.0751. The maximum absolute atomic E-state index is 11.3. The predicted octanol–water partition coefficient (Wildman–Crippen LogP) is 3.74. The van der Waals surface area contributed by atoms with E-state index >= 15 is 0 Å². The number of hydrogen-bond donors (Lipinski definition) is 2. The molecule has 2 aliphatic rings. The van der Waals surface area contributed by atoms with E-state index in [4.69, 9.17) is 14.2 Å². The lowest BCUT2D eigenvalue weighted by molar-refractivity contribution is 0.0552. The third-order valence-corrected chi connectivity index (χ3v) is 6.53. The SMILES string of the molecule is COc1cc2c3c(c4ccc(OC)c(O)c4c2cc1OC)[C@@H](O)[C@H]1CCCN1C3. The molecular weight excluding hydrogens is 370 g/mol. The zero-order valence-corrected chi connectivity index (χ0v) is 16.9. The summed E-state index contributed by atoms with van der Waals surface area (Å²) in [7, 11) is 4.75. The van der Waals surface area contributed by atoms with Crippen molar-refractivity contribution in [1.29, 1.82) is 0 Å². The first kappa shape index (κ1) is 18.3. The summed E-state index contributed by atoms with van der Waals surface area (Å²) in [6, 6.07) is 7.68. The molecule has 0 radical (unpaired) electrons. The van der Waals surface area contributed by atoms with E-state index in [2.05, 4.69) is 4.90 Å². The van der Waals surface area contributed by atoms with Crippen LogP contribution in [0.2, 0.25) is 0 Å². The zero-order chi connectivity index (χ0) is 20.3. The van der Waals surface area contributed by atoms with E-state index in [1.54, 1.807) is 20.3 Å². The van der Waals surface area contributed by atoms with E-state index in [0.717, 1.165) is 53.2 Å². The maximum Gasteiger partial charge on any atom is 0.166 e. The lowest BCUT2D eigenvalue weighted by atomic mass is 9.83. The fourth-order valence-electron chi connectivity index (χ4n) is 5.19. The highest BCUT2D eigenvalue weighted by atomic mass is 16.5. The number of nitrogens with zero attached hydrogens (tertiary/aromatic N) is 1. The molecule has 152 valence electrons. The Morgan fingerprint density at radius 3 is 2.31 bits per heavy atom. The molecule has 2 heterocycles. The molecule has 2 aliphatic heterocycles. The molecule has 2 atom stereocenters. The summed E-state index contributed by atoms with van der Waals surface area (Å²) in [5, 5.41) is 25.7. The Hall–Kier alpha value is -2.70. The molecule has 2 N–H and O–H groups in total. The first-order valence-corrected chi connectivity index (χ1v) is 9.91. The number of aliphatic hydroxyl groups excluding tert-OH is 1. The van der Waals surface area contributed by atoms with Crippen LogP contribution in [-0.4, -0.2) is 49.0 Å². The topological polar surface area (TPSA) is 71.4 Å². The van der Waals surface area contributed by atoms with Gasteiger partial charge in [0.25, 0.3) is 0 Å². The van der Waals surface area contributed by atoms with Crippen LogP contribution in [0.5, 0.6) is 23.0 Å². The molecule has 5 rings (SSSR count). The van der Waals surface area contributed by atoms with Crippen LogP contribution in [0.4, 0.5) is 0 Å². The molecule has 0 aromatic heterocycles. The van der Waals surface area contributed by atoms with Crippen LogP contribution in [0, 0.1) is 0 Å². The zero-order valence-electron chi connectivity index (χ0n) is 16.9. The van der Waals surface area contributed by atoms with Gasteiger partial charge in [-0.3, -0.25) is 4.90 Å². The van der Waals surface area contributed by atoms with Gasteiger partial charge in [0.1, 0.15) is 0 Å². The van der Waals surface area contributed by atoms with E-state index in [-0.39, 0.29) is 11.8 Å². The van der Waals surface area contributed by atoms with Gasteiger partial charge in [-0.2, -0.15) is 0 Å². The number of aromatic hydroxyl groups is 1. The summed E-state index contributed by atoms with van der Waals surface area (Å²) in [5.41, 5.74) is 1.99. The number of fused-ring (bicyclic) bond motifs is 7. The van der Waals surface area contributed by atoms with Crippen molar-refractivity contribution in [3.05, 3.63) is 35.4 Å². The van der Waals surface area contributed by atoms with Gasteiger partial charge in [0, 0.05) is 18.0 Å². The predicted molar refractivity (Wildman–Crippen MR) is 111 cm³/mol. The van der Waals surface area contributed by atoms with Crippen LogP contribution in [0.15, 0.2) is 24.3 Å². The van der Waals surface area contributed by atoms with Crippen molar-refractivity contribution in [2.24, 2.45) is 0 Å². The number of phenols is 1. The summed E-state index contributed by atoms with van der Waals surface area (Å²) in [6.07, 6.45) is 1.46. The van der Waals surface area contributed by atoms with E-state index in [0.29, 0.717) is 22.6 Å². The summed E-state index contributed by atoms with van der Waals surface area (Å²) in [5.74, 6) is 1.70. The normalized spacial score (nSPS) is 21.2. The Balaban J connectivity index is 1.96. The fraction of sp³-hybridized carbons (Fsp3) is 0.391. The molecule has 0 aliphatic carbocycles. The van der Waals surface area contributed by atoms with E-state index < -0.39 is 6.10 Å². The highest BCUT2D eigenvalue weighted by molar-refractivity contribution is 6.15. The molecule has 3 aromatic rings. The first-order chi connectivity index (χ1) is 14.1. The van der Waals surface area contributed by atoms with Crippen LogP contribution < -0.4 is 14.2 Å². The van der Waals surface area contributed by atoms with Crippen molar-refractivity contribution < 1.29 is 24.4 Å². The largest absolute Gasteiger partial charge is 0.504 e. The maximum atomic E-state index is 11.3. The van der Waals surface area contributed by atoms with Crippen molar-refractivity contribution in [2.75, 3.05) is 27.9 Å². The molecule has 1 saturated heterocycles. The number of phenolic OH excluding ortho intramolecular Hbond substituents is 1. The van der Waals surface area contributed by atoms with Crippen molar-refractivity contribution in [1.82, 2.24) is 4.90 Å². The molecule has 0 spiro atoms. The standard InChI is InChI=1S/C23H25NO5/c1-27-17-7-6-12-20(23(17)26)14-10-19(29-3)18(28-2)9-13(14)15-11-24-8-4-5-16(24)22(25)21(12)15/h6-7,9-10,16,22,25-26H,4-5,8,11H2,1-3H3/t16-,22+/m1/s1. The smallest absolute Gasteiger partial charge is 0.166 e. The summed E-state index contributed by atoms with van der Waals surface area (Å²) in [4.78, 5) is 2.36. The average Bonchev–Trinajstić information content (AvgIpc) is 3.22. The van der Waals surface area contributed by atoms with Gasteiger partial charge in [-0.1, -0.05) is 6.07 Å². The molecule has 0 bridgehead atoms. The van der Waals surface area contributed by atoms with Crippen molar-refractivity contribution in [2.45, 2.75) is 31.5 Å². The summed E-state index contributed by atoms with van der Waals surface area (Å²) < 4.78 is 16.4. The lowest BCUT2D eigenvalue weighted by Gasteiger charge is -2.37. The van der Waals surface area contributed by atoms with Crippen molar-refractivity contribution >= 4 is 21.5 Å². The van der Waals surface area contributed by atoms with E-state index in [9.17, 15) is 10.2 Å². The Morgan fingerprint density at radius 2 is 1.62 bits per heavy atom. The molecule has 6 nitrogen and oxygen atoms in total. The Kier molecular flexibility index (Phi) is 4.22. The number of ether oxygens (including phenoxy) is 3. The van der Waals surface area contributed by atoms with E-state index in [1.165, 1.54) is 7.11 Å². The van der Waals surface area contributed by atoms with Gasteiger partial charge in [0.15, 0.2) is 23.0 Å². The van der Waals surface area contributed by atoms with E-state index in [1.807, 2.05) is 18.2 Å². The average molecular weight is 395 g/mol. The quantitative estimate of drug-likeness (QED) is 0.659. The molecule has 6 heteroatoms. The first-order valence-electron chi connectivity index (χ1n) is 9.91. The Bertz CT molecular complexity index is 1130. The van der Waals surface area contributed by atoms with Crippen LogP contribution in [0.3, 0.4) is 0 Å². The third-order valence-electron chi connectivity index (χ3n) is 6.53.